The molecule has 1 aliphatic rings. The molecule has 1 heterocycles. The molecular formula is C22H33N3O5. The number of rotatable bonds is 5. The average Bonchev–Trinajstić information content (AvgIpc) is 2.90. The van der Waals surface area contributed by atoms with Gasteiger partial charge in [0.2, 0.25) is 5.91 Å². The fourth-order valence-corrected chi connectivity index (χ4v) is 3.18. The lowest BCUT2D eigenvalue weighted by atomic mass is 10.1. The van der Waals surface area contributed by atoms with E-state index in [1.165, 1.54) is 0 Å². The van der Waals surface area contributed by atoms with Crippen molar-refractivity contribution in [3.63, 3.8) is 0 Å². The summed E-state index contributed by atoms with van der Waals surface area (Å²) in [4.78, 5) is 40.0. The summed E-state index contributed by atoms with van der Waals surface area (Å²) in [6.45, 7) is 11.1. The second kappa shape index (κ2) is 10.3. The smallest absolute Gasteiger partial charge is 0.408 e. The van der Waals surface area contributed by atoms with Gasteiger partial charge in [0.15, 0.2) is 6.61 Å². The molecule has 1 aromatic rings. The molecule has 0 spiro atoms. The zero-order valence-electron chi connectivity index (χ0n) is 18.6. The van der Waals surface area contributed by atoms with Gasteiger partial charge in [-0.15, -0.1) is 0 Å². The summed E-state index contributed by atoms with van der Waals surface area (Å²) in [5.74, 6) is 0.409. The first-order valence-corrected chi connectivity index (χ1v) is 10.3. The van der Waals surface area contributed by atoms with E-state index in [-0.39, 0.29) is 25.0 Å². The summed E-state index contributed by atoms with van der Waals surface area (Å²) in [6, 6.07) is 5.84. The van der Waals surface area contributed by atoms with Gasteiger partial charge in [-0.3, -0.25) is 9.59 Å². The van der Waals surface area contributed by atoms with Crippen LogP contribution in [0.25, 0.3) is 0 Å². The minimum absolute atomic E-state index is 0.0297. The van der Waals surface area contributed by atoms with Crippen molar-refractivity contribution in [2.75, 3.05) is 39.3 Å². The quantitative estimate of drug-likeness (QED) is 0.791. The fraction of sp³-hybridized carbons (Fsp3) is 0.591. The Bertz CT molecular complexity index is 773. The monoisotopic (exact) mass is 419 g/mol. The molecule has 166 valence electrons. The highest BCUT2D eigenvalue weighted by molar-refractivity contribution is 5.82. The van der Waals surface area contributed by atoms with Crippen molar-refractivity contribution in [3.8, 4) is 5.75 Å². The van der Waals surface area contributed by atoms with E-state index in [9.17, 15) is 14.4 Å². The fourth-order valence-electron chi connectivity index (χ4n) is 3.18. The van der Waals surface area contributed by atoms with Crippen LogP contribution in [0.3, 0.4) is 0 Å². The van der Waals surface area contributed by atoms with E-state index in [4.69, 9.17) is 9.47 Å². The largest absolute Gasteiger partial charge is 0.484 e. The van der Waals surface area contributed by atoms with Crippen molar-refractivity contribution < 1.29 is 23.9 Å². The normalized spacial score (nSPS) is 14.7. The number of carbonyl (C=O) groups excluding carboxylic acids is 3. The molecule has 1 saturated heterocycles. The first-order valence-electron chi connectivity index (χ1n) is 10.3. The lowest BCUT2D eigenvalue weighted by Gasteiger charge is -2.23. The maximum absolute atomic E-state index is 12.6. The summed E-state index contributed by atoms with van der Waals surface area (Å²) in [7, 11) is 0. The molecule has 1 N–H and O–H groups in total. The van der Waals surface area contributed by atoms with Crippen molar-refractivity contribution in [1.29, 1.82) is 0 Å². The van der Waals surface area contributed by atoms with Crippen LogP contribution in [0.2, 0.25) is 0 Å². The molecule has 30 heavy (non-hydrogen) atoms. The van der Waals surface area contributed by atoms with Crippen LogP contribution in [-0.2, 0) is 14.3 Å². The topological polar surface area (TPSA) is 88.2 Å². The van der Waals surface area contributed by atoms with Gasteiger partial charge in [0.1, 0.15) is 17.9 Å². The molecule has 0 aliphatic carbocycles. The lowest BCUT2D eigenvalue weighted by molar-refractivity contribution is -0.134. The average molecular weight is 420 g/mol. The molecule has 1 aliphatic heterocycles. The highest BCUT2D eigenvalue weighted by atomic mass is 16.6. The minimum atomic E-state index is -0.619. The van der Waals surface area contributed by atoms with Crippen molar-refractivity contribution in [3.05, 3.63) is 29.3 Å². The van der Waals surface area contributed by atoms with Gasteiger partial charge in [-0.25, -0.2) is 4.79 Å². The van der Waals surface area contributed by atoms with E-state index in [1.54, 1.807) is 30.6 Å². The predicted molar refractivity (Wildman–Crippen MR) is 113 cm³/mol. The molecule has 0 unspecified atom stereocenters. The van der Waals surface area contributed by atoms with Crippen LogP contribution in [0.15, 0.2) is 18.2 Å². The molecule has 1 aromatic carbocycles. The van der Waals surface area contributed by atoms with E-state index in [0.717, 1.165) is 11.1 Å². The Hall–Kier alpha value is -2.77. The number of nitrogens with one attached hydrogen (secondary N) is 1. The summed E-state index contributed by atoms with van der Waals surface area (Å²) in [6.07, 6.45) is 0.0547. The number of hydrogen-bond donors (Lipinski definition) is 1. The minimum Gasteiger partial charge on any atom is -0.484 e. The van der Waals surface area contributed by atoms with Crippen LogP contribution in [0.1, 0.15) is 38.3 Å². The van der Waals surface area contributed by atoms with Gasteiger partial charge < -0.3 is 24.6 Å². The molecule has 8 heteroatoms. The molecule has 0 bridgehead atoms. The van der Waals surface area contributed by atoms with E-state index in [2.05, 4.69) is 5.32 Å². The Balaban J connectivity index is 1.78. The Kier molecular flexibility index (Phi) is 8.08. The van der Waals surface area contributed by atoms with Crippen molar-refractivity contribution in [2.45, 2.75) is 46.6 Å². The third-order valence-corrected chi connectivity index (χ3v) is 4.67. The molecule has 0 aromatic heterocycles. The molecule has 3 amide bonds. The third-order valence-electron chi connectivity index (χ3n) is 4.67. The SMILES string of the molecule is Cc1ccc(OCC(=O)N2CCCN(C(=O)CNC(=O)OC(C)(C)C)CC2)c(C)c1. The number of amides is 3. The second-order valence-electron chi connectivity index (χ2n) is 8.53. The first-order chi connectivity index (χ1) is 14.0. The summed E-state index contributed by atoms with van der Waals surface area (Å²) in [5.41, 5.74) is 1.52. The van der Waals surface area contributed by atoms with Gasteiger partial charge in [0.25, 0.3) is 5.91 Å². The van der Waals surface area contributed by atoms with E-state index in [0.29, 0.717) is 38.3 Å². The Morgan fingerprint density at radius 3 is 2.23 bits per heavy atom. The van der Waals surface area contributed by atoms with Crippen molar-refractivity contribution in [2.24, 2.45) is 0 Å². The van der Waals surface area contributed by atoms with E-state index < -0.39 is 11.7 Å². The zero-order valence-corrected chi connectivity index (χ0v) is 18.6. The Morgan fingerprint density at radius 1 is 1.00 bits per heavy atom. The van der Waals surface area contributed by atoms with Crippen LogP contribution >= 0.6 is 0 Å². The molecule has 0 saturated carbocycles. The number of alkyl carbamates (subject to hydrolysis) is 1. The summed E-state index contributed by atoms with van der Waals surface area (Å²) in [5, 5.41) is 2.49. The van der Waals surface area contributed by atoms with Gasteiger partial charge in [-0.05, 0) is 52.7 Å². The van der Waals surface area contributed by atoms with Gasteiger partial charge in [-0.2, -0.15) is 0 Å². The van der Waals surface area contributed by atoms with Crippen LogP contribution in [0.5, 0.6) is 5.75 Å². The summed E-state index contributed by atoms with van der Waals surface area (Å²) < 4.78 is 10.8. The van der Waals surface area contributed by atoms with Gasteiger partial charge >= 0.3 is 6.09 Å². The number of aryl methyl sites for hydroxylation is 2. The summed E-state index contributed by atoms with van der Waals surface area (Å²) >= 11 is 0. The molecule has 0 atom stereocenters. The predicted octanol–water partition coefficient (Wildman–Crippen LogP) is 2.27. The van der Waals surface area contributed by atoms with Gasteiger partial charge in [-0.1, -0.05) is 17.7 Å². The number of hydrogen-bond acceptors (Lipinski definition) is 5. The highest BCUT2D eigenvalue weighted by Gasteiger charge is 2.23. The molecule has 0 radical (unpaired) electrons. The molecule has 1 fully saturated rings. The standard InChI is InChI=1S/C22H33N3O5/c1-16-7-8-18(17(2)13-16)29-15-20(27)25-10-6-9-24(11-12-25)19(26)14-23-21(28)30-22(3,4)5/h7-8,13H,6,9-12,14-15H2,1-5H3,(H,23,28). The molecular weight excluding hydrogens is 386 g/mol. The van der Waals surface area contributed by atoms with Gasteiger partial charge in [0.05, 0.1) is 0 Å². The maximum Gasteiger partial charge on any atom is 0.408 e. The molecule has 2 rings (SSSR count). The van der Waals surface area contributed by atoms with Crippen LogP contribution in [0, 0.1) is 13.8 Å². The first kappa shape index (κ1) is 23.5. The van der Waals surface area contributed by atoms with Crippen molar-refractivity contribution in [1.82, 2.24) is 15.1 Å². The number of nitrogens with zero attached hydrogens (tertiary/aromatic N) is 2. The lowest BCUT2D eigenvalue weighted by Crippen LogP contribution is -2.44. The Labute approximate surface area is 178 Å². The van der Waals surface area contributed by atoms with Crippen LogP contribution < -0.4 is 10.1 Å². The Morgan fingerprint density at radius 2 is 1.63 bits per heavy atom. The van der Waals surface area contributed by atoms with Gasteiger partial charge in [0, 0.05) is 26.2 Å². The van der Waals surface area contributed by atoms with E-state index in [1.807, 2.05) is 32.0 Å². The van der Waals surface area contributed by atoms with Crippen molar-refractivity contribution >= 4 is 17.9 Å². The van der Waals surface area contributed by atoms with E-state index >= 15 is 0 Å². The van der Waals surface area contributed by atoms with Crippen LogP contribution in [0.4, 0.5) is 4.79 Å². The zero-order chi connectivity index (χ0) is 22.3. The number of carbonyl (C=O) groups is 3. The highest BCUT2D eigenvalue weighted by Crippen LogP contribution is 2.18. The van der Waals surface area contributed by atoms with Crippen LogP contribution in [-0.4, -0.2) is 72.6 Å². The second-order valence-corrected chi connectivity index (χ2v) is 8.53. The number of benzene rings is 1. The molecule has 8 nitrogen and oxygen atoms in total. The maximum atomic E-state index is 12.6. The number of ether oxygens (including phenoxy) is 2. The third kappa shape index (κ3) is 7.57.